The molecule has 0 aliphatic carbocycles. The lowest BCUT2D eigenvalue weighted by Crippen LogP contribution is -2.63. The van der Waals surface area contributed by atoms with Gasteiger partial charge < -0.3 is 64.2 Å². The first-order chi connectivity index (χ1) is 32.5. The van der Waals surface area contributed by atoms with Gasteiger partial charge in [0.05, 0.1) is 12.1 Å². The van der Waals surface area contributed by atoms with E-state index in [-0.39, 0.29) is 74.0 Å². The molecule has 0 aromatic rings. The van der Waals surface area contributed by atoms with Gasteiger partial charge >= 0.3 is 5.97 Å². The van der Waals surface area contributed by atoms with Crippen LogP contribution in [0.1, 0.15) is 141 Å². The largest absolute Gasteiger partial charge is 0.480 e. The van der Waals surface area contributed by atoms with E-state index in [4.69, 9.17) is 11.5 Å². The molecule has 0 fully saturated rings. The molecule has 0 radical (unpaired) electrons. The molecule has 14 N–H and O–H groups in total. The molecule has 0 aliphatic rings. The maximum Gasteiger partial charge on any atom is 0.326 e. The molecule has 0 rings (SSSR count). The summed E-state index contributed by atoms with van der Waals surface area (Å²) in [6.07, 6.45) is 0.491. The third-order valence-electron chi connectivity index (χ3n) is 11.6. The van der Waals surface area contributed by atoms with E-state index in [2.05, 4.69) is 55.2 Å². The van der Waals surface area contributed by atoms with Gasteiger partial charge in [-0.25, -0.2) is 4.79 Å². The average Bonchev–Trinajstić information content (AvgIpc) is 3.25. The maximum atomic E-state index is 14.2. The number of nitrogens with two attached hydrogens (primary N) is 2. The lowest BCUT2D eigenvalue weighted by atomic mass is 9.96. The van der Waals surface area contributed by atoms with Gasteiger partial charge in [-0.2, -0.15) is 12.6 Å². The van der Waals surface area contributed by atoms with E-state index in [9.17, 15) is 53.4 Å². The average molecular weight is 1020 g/mol. The second-order valence-corrected chi connectivity index (χ2v) is 20.9. The molecular weight excluding hydrogens is 925 g/mol. The Bertz CT molecular complexity index is 1700. The fourth-order valence-electron chi connectivity index (χ4n) is 7.28. The highest BCUT2D eigenvalue weighted by molar-refractivity contribution is 7.80. The zero-order chi connectivity index (χ0) is 54.2. The standard InChI is InChI=1S/C48H90N10O11S/c1-14-29(12)38(57-47(67)39(30(13)59)58-43(63)34(21-26(6)7)52-41(61)33(20-25(4)5)54-45(65)37(50)28(10)11)46(66)51-31(17-15-16-18-49)40(60)56-36(23-70)44(64)53-32(19-24(2)3)42(62)55-35(48(68)69)22-27(8)9/h24-39,59,70H,14-23,49-50H2,1-13H3,(H,51,66)(H,52,61)(H,53,64)(H,54,65)(H,55,62)(H,56,60)(H,57,67)(H,58,63)(H,68,69)/t29-,30+,31-,32-,33-,34-,35-,36-,37-,38-,39-/m0/s1. The molecule has 0 heterocycles. The predicted octanol–water partition coefficient (Wildman–Crippen LogP) is 0.603. The number of aliphatic hydroxyl groups is 1. The second kappa shape index (κ2) is 33.2. The van der Waals surface area contributed by atoms with Crippen LogP contribution in [0.3, 0.4) is 0 Å². The van der Waals surface area contributed by atoms with Crippen molar-refractivity contribution in [1.82, 2.24) is 42.5 Å². The van der Waals surface area contributed by atoms with Crippen molar-refractivity contribution in [3.05, 3.63) is 0 Å². The molecule has 0 aliphatic heterocycles. The van der Waals surface area contributed by atoms with Gasteiger partial charge in [-0.05, 0) is 93.9 Å². The number of aliphatic carboxylic acids is 1. The topological polar surface area (TPSA) is 342 Å². The number of carbonyl (C=O) groups is 9. The first-order valence-corrected chi connectivity index (χ1v) is 25.5. The zero-order valence-electron chi connectivity index (χ0n) is 44.0. The zero-order valence-corrected chi connectivity index (χ0v) is 44.9. The summed E-state index contributed by atoms with van der Waals surface area (Å²) in [4.78, 5) is 121. The van der Waals surface area contributed by atoms with Crippen LogP contribution in [0.5, 0.6) is 0 Å². The molecule has 0 saturated heterocycles. The quantitative estimate of drug-likeness (QED) is 0.0311. The number of rotatable bonds is 34. The highest BCUT2D eigenvalue weighted by atomic mass is 32.1. The second-order valence-electron chi connectivity index (χ2n) is 20.6. The van der Waals surface area contributed by atoms with Crippen LogP contribution in [0.2, 0.25) is 0 Å². The molecule has 21 nitrogen and oxygen atoms in total. The number of carbonyl (C=O) groups excluding carboxylic acids is 8. The molecule has 0 saturated carbocycles. The molecule has 70 heavy (non-hydrogen) atoms. The maximum absolute atomic E-state index is 14.2. The van der Waals surface area contributed by atoms with Crippen molar-refractivity contribution in [2.45, 2.75) is 202 Å². The van der Waals surface area contributed by atoms with Gasteiger partial charge in [0.25, 0.3) is 0 Å². The van der Waals surface area contributed by atoms with Crippen molar-refractivity contribution < 1.29 is 53.4 Å². The number of nitrogens with one attached hydrogen (secondary N) is 8. The van der Waals surface area contributed by atoms with Gasteiger partial charge in [0.1, 0.15) is 48.3 Å². The van der Waals surface area contributed by atoms with Gasteiger partial charge in [-0.15, -0.1) is 0 Å². The van der Waals surface area contributed by atoms with Gasteiger partial charge in [0, 0.05) is 5.75 Å². The number of amides is 8. The van der Waals surface area contributed by atoms with Gasteiger partial charge in [-0.1, -0.05) is 89.5 Å². The number of carboxylic acids is 1. The molecule has 22 heteroatoms. The number of thiol groups is 1. The summed E-state index contributed by atoms with van der Waals surface area (Å²) in [5.74, 6) is -8.41. The van der Waals surface area contributed by atoms with E-state index in [1.54, 1.807) is 27.7 Å². The highest BCUT2D eigenvalue weighted by Crippen LogP contribution is 2.15. The molecule has 0 unspecified atom stereocenters. The van der Waals surface area contributed by atoms with E-state index in [0.717, 1.165) is 0 Å². The lowest BCUT2D eigenvalue weighted by molar-refractivity contribution is -0.143. The highest BCUT2D eigenvalue weighted by Gasteiger charge is 2.37. The van der Waals surface area contributed by atoms with Crippen LogP contribution >= 0.6 is 12.6 Å². The minimum absolute atomic E-state index is 0.0273. The number of aliphatic hydroxyl groups excluding tert-OH is 1. The summed E-state index contributed by atoms with van der Waals surface area (Å²) in [7, 11) is 0. The van der Waals surface area contributed by atoms with Crippen molar-refractivity contribution in [2.24, 2.45) is 47.0 Å². The summed E-state index contributed by atoms with van der Waals surface area (Å²) in [6, 6.07) is -10.9. The van der Waals surface area contributed by atoms with Crippen molar-refractivity contribution in [3.63, 3.8) is 0 Å². The monoisotopic (exact) mass is 1010 g/mol. The molecule has 11 atom stereocenters. The van der Waals surface area contributed by atoms with E-state index in [1.807, 2.05) is 55.4 Å². The van der Waals surface area contributed by atoms with Crippen LogP contribution in [-0.4, -0.2) is 136 Å². The third kappa shape index (κ3) is 24.5. The fourth-order valence-corrected chi connectivity index (χ4v) is 7.54. The molecule has 8 amide bonds. The Labute approximate surface area is 421 Å². The van der Waals surface area contributed by atoms with Crippen LogP contribution in [0.4, 0.5) is 0 Å². The Kier molecular flexibility index (Phi) is 31.0. The summed E-state index contributed by atoms with van der Waals surface area (Å²) in [6.45, 7) is 23.2. The van der Waals surface area contributed by atoms with Crippen LogP contribution in [0.15, 0.2) is 0 Å². The Morgan fingerprint density at radius 3 is 1.20 bits per heavy atom. The van der Waals surface area contributed by atoms with Crippen molar-refractivity contribution in [1.29, 1.82) is 0 Å². The lowest BCUT2D eigenvalue weighted by Gasteiger charge is -2.31. The number of carboxylic acid groups (broad SMARTS) is 1. The summed E-state index contributed by atoms with van der Waals surface area (Å²) >= 11 is 4.28. The van der Waals surface area contributed by atoms with E-state index in [0.29, 0.717) is 19.3 Å². The van der Waals surface area contributed by atoms with Crippen LogP contribution in [0, 0.1) is 35.5 Å². The number of hydrogen-bond donors (Lipinski definition) is 13. The van der Waals surface area contributed by atoms with E-state index in [1.165, 1.54) is 6.92 Å². The predicted molar refractivity (Wildman–Crippen MR) is 272 cm³/mol. The smallest absolute Gasteiger partial charge is 0.326 e. The normalized spacial score (nSPS) is 16.4. The summed E-state index contributed by atoms with van der Waals surface area (Å²) in [5, 5.41) is 41.6. The van der Waals surface area contributed by atoms with Crippen LogP contribution < -0.4 is 54.0 Å². The van der Waals surface area contributed by atoms with Crippen molar-refractivity contribution in [2.75, 3.05) is 12.3 Å². The Morgan fingerprint density at radius 2 is 0.814 bits per heavy atom. The first kappa shape index (κ1) is 65.5. The number of hydrogen-bond acceptors (Lipinski definition) is 13. The van der Waals surface area contributed by atoms with Crippen molar-refractivity contribution in [3.8, 4) is 0 Å². The SMILES string of the molecule is CC[C@H](C)[C@H](NC(=O)[C@@H](NC(=O)[C@H](CC(C)C)NC(=O)[C@H](CC(C)C)NC(=O)[C@@H](N)C(C)C)[C@@H](C)O)C(=O)N[C@@H](CCCCN)C(=O)N[C@@H](CS)C(=O)N[C@@H](CC(C)C)C(=O)N[C@@H](CC(C)C)C(=O)O. The van der Waals surface area contributed by atoms with Crippen LogP contribution in [0.25, 0.3) is 0 Å². The molecule has 0 aromatic heterocycles. The third-order valence-corrected chi connectivity index (χ3v) is 12.0. The van der Waals surface area contributed by atoms with Crippen LogP contribution in [-0.2, 0) is 43.2 Å². The summed E-state index contributed by atoms with van der Waals surface area (Å²) in [5.41, 5.74) is 11.8. The van der Waals surface area contributed by atoms with Gasteiger partial charge in [0.2, 0.25) is 47.3 Å². The molecule has 0 aromatic carbocycles. The minimum Gasteiger partial charge on any atom is -0.480 e. The van der Waals surface area contributed by atoms with Crippen molar-refractivity contribution >= 4 is 65.9 Å². The first-order valence-electron chi connectivity index (χ1n) is 24.9. The number of unbranched alkanes of at least 4 members (excludes halogenated alkanes) is 1. The Balaban J connectivity index is 6.52. The Morgan fingerprint density at radius 1 is 0.471 bits per heavy atom. The van der Waals surface area contributed by atoms with Gasteiger partial charge in [-0.3, -0.25) is 38.4 Å². The summed E-state index contributed by atoms with van der Waals surface area (Å²) < 4.78 is 0. The van der Waals surface area contributed by atoms with E-state index >= 15 is 0 Å². The fraction of sp³-hybridized carbons (Fsp3) is 0.812. The van der Waals surface area contributed by atoms with E-state index < -0.39 is 120 Å². The Hall–Kier alpha value is -4.54. The minimum atomic E-state index is -1.61. The molecule has 0 bridgehead atoms. The molecular formula is C48H90N10O11S. The van der Waals surface area contributed by atoms with Gasteiger partial charge in [0.15, 0.2) is 0 Å². The molecule has 0 spiro atoms. The molecule has 404 valence electrons.